The second-order valence-corrected chi connectivity index (χ2v) is 7.15. The van der Waals surface area contributed by atoms with Crippen LogP contribution in [0.1, 0.15) is 50.3 Å². The van der Waals surface area contributed by atoms with E-state index in [-0.39, 0.29) is 6.67 Å². The molecule has 24 heavy (non-hydrogen) atoms. The summed E-state index contributed by atoms with van der Waals surface area (Å²) in [6.45, 7) is 15.3. The van der Waals surface area contributed by atoms with Crippen molar-refractivity contribution in [2.75, 3.05) is 13.3 Å². The van der Waals surface area contributed by atoms with Crippen LogP contribution >= 0.6 is 0 Å². The van der Waals surface area contributed by atoms with Crippen LogP contribution in [0.2, 0.25) is 0 Å². The van der Waals surface area contributed by atoms with Gasteiger partial charge in [0.05, 0.1) is 19.0 Å². The summed E-state index contributed by atoms with van der Waals surface area (Å²) in [5.74, 6) is 0.511. The molecule has 4 nitrogen and oxygen atoms in total. The Morgan fingerprint density at radius 2 is 1.88 bits per heavy atom. The van der Waals surface area contributed by atoms with E-state index in [2.05, 4.69) is 63.5 Å². The summed E-state index contributed by atoms with van der Waals surface area (Å²) < 4.78 is 5.82. The molecule has 0 unspecified atom stereocenters. The van der Waals surface area contributed by atoms with Gasteiger partial charge in [0.15, 0.2) is 0 Å². The lowest BCUT2D eigenvalue weighted by Gasteiger charge is -2.18. The fourth-order valence-corrected chi connectivity index (χ4v) is 2.53. The van der Waals surface area contributed by atoms with Gasteiger partial charge in [-0.3, -0.25) is 4.99 Å². The molecule has 0 aliphatic heterocycles. The molecule has 0 amide bonds. The Hall–Kier alpha value is -1.94. The molecule has 2 N–H and O–H groups in total. The molecule has 1 rings (SSSR count). The lowest BCUT2D eigenvalue weighted by Crippen LogP contribution is -2.11. The van der Waals surface area contributed by atoms with Crippen molar-refractivity contribution < 1.29 is 4.74 Å². The molecule has 0 fully saturated rings. The predicted molar refractivity (Wildman–Crippen MR) is 105 cm³/mol. The third-order valence-electron chi connectivity index (χ3n) is 3.74. The molecule has 0 spiro atoms. The molecule has 0 saturated carbocycles. The van der Waals surface area contributed by atoms with Crippen LogP contribution in [0.3, 0.4) is 0 Å². The second-order valence-electron chi connectivity index (χ2n) is 7.15. The first kappa shape index (κ1) is 20.1. The third kappa shape index (κ3) is 6.67. The van der Waals surface area contributed by atoms with Gasteiger partial charge in [-0.2, -0.15) is 0 Å². The molecule has 4 heteroatoms. The Labute approximate surface area is 146 Å². The van der Waals surface area contributed by atoms with Gasteiger partial charge in [0, 0.05) is 11.6 Å². The summed E-state index contributed by atoms with van der Waals surface area (Å²) in [5, 5.41) is 0. The molecule has 0 atom stereocenters. The molecule has 1 aromatic rings. The van der Waals surface area contributed by atoms with Crippen LogP contribution in [-0.2, 0) is 4.74 Å². The van der Waals surface area contributed by atoms with Crippen molar-refractivity contribution in [2.24, 2.45) is 21.1 Å². The highest BCUT2D eigenvalue weighted by molar-refractivity contribution is 5.96. The Morgan fingerprint density at radius 1 is 1.25 bits per heavy atom. The van der Waals surface area contributed by atoms with Gasteiger partial charge < -0.3 is 10.5 Å². The van der Waals surface area contributed by atoms with Crippen molar-refractivity contribution in [3.8, 4) is 0 Å². The molecule has 0 saturated heterocycles. The van der Waals surface area contributed by atoms with E-state index in [0.717, 1.165) is 35.2 Å². The highest BCUT2D eigenvalue weighted by Gasteiger charge is 2.11. The number of aliphatic imine (C=N–C) groups is 2. The number of aryl methyl sites for hydroxylation is 2. The van der Waals surface area contributed by atoms with Gasteiger partial charge in [-0.1, -0.05) is 39.0 Å². The third-order valence-corrected chi connectivity index (χ3v) is 3.74. The van der Waals surface area contributed by atoms with Crippen LogP contribution in [0.25, 0.3) is 5.70 Å². The maximum absolute atomic E-state index is 5.82. The molecule has 0 radical (unpaired) electrons. The molecule has 132 valence electrons. The predicted octanol–water partition coefficient (Wildman–Crippen LogP) is 4.50. The first-order valence-corrected chi connectivity index (χ1v) is 8.41. The van der Waals surface area contributed by atoms with Gasteiger partial charge >= 0.3 is 0 Å². The van der Waals surface area contributed by atoms with Gasteiger partial charge in [-0.25, -0.2) is 4.99 Å². The van der Waals surface area contributed by atoms with Crippen molar-refractivity contribution in [1.82, 2.24) is 0 Å². The molecule has 0 aromatic heterocycles. The fraction of sp³-hybridized carbons (Fsp3) is 0.500. The molecular weight excluding hydrogens is 298 g/mol. The zero-order valence-electron chi connectivity index (χ0n) is 15.7. The molecule has 0 aliphatic rings. The number of nitrogens with zero attached hydrogens (tertiary/aromatic N) is 2. The van der Waals surface area contributed by atoms with Gasteiger partial charge in [-0.05, 0) is 49.9 Å². The van der Waals surface area contributed by atoms with Crippen LogP contribution in [0.4, 0.5) is 0 Å². The van der Waals surface area contributed by atoms with Crippen LogP contribution in [0.5, 0.6) is 0 Å². The van der Waals surface area contributed by atoms with E-state index in [1.807, 2.05) is 12.1 Å². The van der Waals surface area contributed by atoms with Gasteiger partial charge in [-0.15, -0.1) is 0 Å². The normalized spacial score (nSPS) is 13.1. The lowest BCUT2D eigenvalue weighted by atomic mass is 9.91. The maximum Gasteiger partial charge on any atom is 0.212 e. The summed E-state index contributed by atoms with van der Waals surface area (Å²) in [6.07, 6.45) is 3.89. The minimum absolute atomic E-state index is 0.183. The average Bonchev–Trinajstić information content (AvgIpc) is 2.49. The van der Waals surface area contributed by atoms with Crippen molar-refractivity contribution in [3.63, 3.8) is 0 Å². The first-order chi connectivity index (χ1) is 11.3. The molecular formula is C20H31N3O. The van der Waals surface area contributed by atoms with E-state index in [1.54, 1.807) is 0 Å². The molecule has 0 bridgehead atoms. The van der Waals surface area contributed by atoms with E-state index >= 15 is 0 Å². The topological polar surface area (TPSA) is 60.0 Å². The van der Waals surface area contributed by atoms with Gasteiger partial charge in [0.1, 0.15) is 0 Å². The minimum Gasteiger partial charge on any atom is -0.478 e. The van der Waals surface area contributed by atoms with Crippen molar-refractivity contribution in [3.05, 3.63) is 41.0 Å². The smallest absolute Gasteiger partial charge is 0.212 e. The summed E-state index contributed by atoms with van der Waals surface area (Å²) >= 11 is 0. The summed E-state index contributed by atoms with van der Waals surface area (Å²) in [6, 6.07) is 6.16. The maximum atomic E-state index is 5.82. The Morgan fingerprint density at radius 3 is 2.38 bits per heavy atom. The minimum atomic E-state index is 0.183. The van der Waals surface area contributed by atoms with Gasteiger partial charge in [0.25, 0.3) is 0 Å². The Bertz CT molecular complexity index is 590. The zero-order valence-corrected chi connectivity index (χ0v) is 15.7. The number of ether oxygens (including phenoxy) is 1. The largest absolute Gasteiger partial charge is 0.478 e. The highest BCUT2D eigenvalue weighted by atomic mass is 16.5. The molecule has 1 aromatic carbocycles. The summed E-state index contributed by atoms with van der Waals surface area (Å²) in [4.78, 5) is 8.42. The number of hydrogen-bond donors (Lipinski definition) is 1. The zero-order chi connectivity index (χ0) is 18.2. The quantitative estimate of drug-likeness (QED) is 0.455. The molecule has 0 heterocycles. The van der Waals surface area contributed by atoms with Crippen molar-refractivity contribution in [1.29, 1.82) is 0 Å². The first-order valence-electron chi connectivity index (χ1n) is 8.41. The standard InChI is InChI=1S/C20H31N3O/c1-15-9-7-10-16(2)19(15)17(22-6)13-18(23-14-21)24-12-8-11-20(3,4)5/h7,9-10,13H,6,8,11-12,14,21H2,1-5H3/b17-13-,23-18+. The van der Waals surface area contributed by atoms with E-state index in [4.69, 9.17) is 10.5 Å². The average molecular weight is 329 g/mol. The van der Waals surface area contributed by atoms with Crippen molar-refractivity contribution >= 4 is 18.3 Å². The Balaban J connectivity index is 2.93. The molecule has 0 aliphatic carbocycles. The van der Waals surface area contributed by atoms with Gasteiger partial charge in [0.2, 0.25) is 5.90 Å². The number of rotatable bonds is 7. The van der Waals surface area contributed by atoms with E-state index in [9.17, 15) is 0 Å². The van der Waals surface area contributed by atoms with Crippen LogP contribution in [0.15, 0.2) is 34.3 Å². The van der Waals surface area contributed by atoms with E-state index < -0.39 is 0 Å². The van der Waals surface area contributed by atoms with Crippen LogP contribution < -0.4 is 5.73 Å². The second kappa shape index (κ2) is 9.38. The SMILES string of the molecule is C=N/C(=C\C(=N/CN)OCCCC(C)(C)C)c1c(C)cccc1C. The number of nitrogens with two attached hydrogens (primary N) is 1. The Kier molecular flexibility index (Phi) is 7.86. The van der Waals surface area contributed by atoms with E-state index in [1.165, 1.54) is 0 Å². The monoisotopic (exact) mass is 329 g/mol. The lowest BCUT2D eigenvalue weighted by molar-refractivity contribution is 0.261. The van der Waals surface area contributed by atoms with E-state index in [0.29, 0.717) is 17.9 Å². The van der Waals surface area contributed by atoms with Crippen LogP contribution in [-0.4, -0.2) is 25.9 Å². The summed E-state index contributed by atoms with van der Waals surface area (Å²) in [7, 11) is 0. The fourth-order valence-electron chi connectivity index (χ4n) is 2.53. The number of hydrogen-bond acceptors (Lipinski definition) is 4. The highest BCUT2D eigenvalue weighted by Crippen LogP contribution is 2.24. The summed E-state index contributed by atoms with van der Waals surface area (Å²) in [5.41, 5.74) is 9.99. The van der Waals surface area contributed by atoms with Crippen molar-refractivity contribution in [2.45, 2.75) is 47.5 Å². The van der Waals surface area contributed by atoms with Crippen LogP contribution in [0, 0.1) is 19.3 Å². The number of benzene rings is 1.